The van der Waals surface area contributed by atoms with Crippen molar-refractivity contribution in [2.45, 2.75) is 57.1 Å². The first-order valence-corrected chi connectivity index (χ1v) is 10.2. The van der Waals surface area contributed by atoms with Crippen LogP contribution in [0.15, 0.2) is 9.95 Å². The monoisotopic (exact) mass is 365 g/mol. The van der Waals surface area contributed by atoms with Gasteiger partial charge in [0.1, 0.15) is 4.83 Å². The van der Waals surface area contributed by atoms with Crippen molar-refractivity contribution in [1.29, 1.82) is 0 Å². The Hall–Kier alpha value is -1.34. The lowest BCUT2D eigenvalue weighted by molar-refractivity contribution is -0.119. The van der Waals surface area contributed by atoms with Gasteiger partial charge in [0.15, 0.2) is 5.16 Å². The van der Waals surface area contributed by atoms with Crippen LogP contribution in [0.2, 0.25) is 0 Å². The maximum absolute atomic E-state index is 12.8. The number of thioether (sulfide) groups is 1. The van der Waals surface area contributed by atoms with Gasteiger partial charge in [-0.3, -0.25) is 14.2 Å². The maximum atomic E-state index is 12.8. The first-order chi connectivity index (χ1) is 11.5. The minimum Gasteiger partial charge on any atom is -0.353 e. The Morgan fingerprint density at radius 1 is 1.42 bits per heavy atom. The molecule has 0 bridgehead atoms. The molecular formula is C17H23N3O2S2. The summed E-state index contributed by atoms with van der Waals surface area (Å²) >= 11 is 2.98. The van der Waals surface area contributed by atoms with Gasteiger partial charge in [0.2, 0.25) is 5.91 Å². The van der Waals surface area contributed by atoms with Crippen molar-refractivity contribution in [1.82, 2.24) is 14.9 Å². The number of nitrogens with zero attached hydrogens (tertiary/aromatic N) is 2. The number of hydrogen-bond donors (Lipinski definition) is 1. The van der Waals surface area contributed by atoms with Crippen LogP contribution in [-0.4, -0.2) is 27.3 Å². The molecule has 1 aliphatic carbocycles. The lowest BCUT2D eigenvalue weighted by atomic mass is 9.97. The number of carbonyl (C=O) groups is 1. The molecule has 0 saturated heterocycles. The fourth-order valence-electron chi connectivity index (χ4n) is 2.94. The average molecular weight is 366 g/mol. The van der Waals surface area contributed by atoms with Crippen LogP contribution in [0.4, 0.5) is 0 Å². The highest BCUT2D eigenvalue weighted by Gasteiger charge is 2.21. The smallest absolute Gasteiger partial charge is 0.262 e. The summed E-state index contributed by atoms with van der Waals surface area (Å²) in [6, 6.07) is 0.168. The number of aryl methyl sites for hydroxylation is 2. The standard InChI is InChI=1S/C17H23N3O2S2/c1-4-10(2)18-13(21)9-23-17-19-15-14(16(22)20(17)3)11-7-5-6-8-12(11)24-15/h10H,4-9H2,1-3H3,(H,18,21)/t10-/m0/s1. The van der Waals surface area contributed by atoms with Crippen molar-refractivity contribution >= 4 is 39.2 Å². The summed E-state index contributed by atoms with van der Waals surface area (Å²) in [5.74, 6) is 0.260. The fourth-order valence-corrected chi connectivity index (χ4v) is 5.03. The molecule has 0 aromatic carbocycles. The molecule has 0 radical (unpaired) electrons. The van der Waals surface area contributed by atoms with Crippen molar-refractivity contribution in [3.05, 3.63) is 20.8 Å². The van der Waals surface area contributed by atoms with Gasteiger partial charge in [-0.25, -0.2) is 4.98 Å². The second kappa shape index (κ2) is 7.27. The van der Waals surface area contributed by atoms with Crippen molar-refractivity contribution in [2.24, 2.45) is 7.05 Å². The van der Waals surface area contributed by atoms with Gasteiger partial charge in [-0.05, 0) is 44.6 Å². The van der Waals surface area contributed by atoms with Gasteiger partial charge in [-0.2, -0.15) is 0 Å². The summed E-state index contributed by atoms with van der Waals surface area (Å²) < 4.78 is 1.59. The zero-order valence-corrected chi connectivity index (χ0v) is 16.0. The normalized spacial score (nSPS) is 15.3. The summed E-state index contributed by atoms with van der Waals surface area (Å²) in [5.41, 5.74) is 1.23. The minimum atomic E-state index is -0.0193. The Balaban J connectivity index is 1.86. The number of amides is 1. The van der Waals surface area contributed by atoms with Crippen LogP contribution in [-0.2, 0) is 24.7 Å². The van der Waals surface area contributed by atoms with E-state index in [2.05, 4.69) is 10.3 Å². The molecule has 2 aromatic heterocycles. The van der Waals surface area contributed by atoms with Gasteiger partial charge in [0.05, 0.1) is 11.1 Å². The van der Waals surface area contributed by atoms with Crippen molar-refractivity contribution in [2.75, 3.05) is 5.75 Å². The summed E-state index contributed by atoms with van der Waals surface area (Å²) in [6.07, 6.45) is 5.28. The van der Waals surface area contributed by atoms with Crippen LogP contribution in [0.1, 0.15) is 43.6 Å². The number of thiophene rings is 1. The van der Waals surface area contributed by atoms with Crippen LogP contribution in [0.25, 0.3) is 10.2 Å². The molecule has 130 valence electrons. The van der Waals surface area contributed by atoms with E-state index in [1.165, 1.54) is 28.6 Å². The van der Waals surface area contributed by atoms with E-state index in [1.54, 1.807) is 23.0 Å². The molecule has 0 spiro atoms. The Labute approximate surface area is 149 Å². The molecule has 1 N–H and O–H groups in total. The Morgan fingerprint density at radius 2 is 2.17 bits per heavy atom. The van der Waals surface area contributed by atoms with E-state index in [9.17, 15) is 9.59 Å². The number of nitrogens with one attached hydrogen (secondary N) is 1. The van der Waals surface area contributed by atoms with E-state index < -0.39 is 0 Å². The van der Waals surface area contributed by atoms with Gasteiger partial charge in [0, 0.05) is 18.0 Å². The summed E-state index contributed by atoms with van der Waals surface area (Å²) in [7, 11) is 1.75. The zero-order valence-electron chi connectivity index (χ0n) is 14.3. The molecule has 2 aromatic rings. The fraction of sp³-hybridized carbons (Fsp3) is 0.588. The maximum Gasteiger partial charge on any atom is 0.262 e. The van der Waals surface area contributed by atoms with Crippen molar-refractivity contribution in [3.8, 4) is 0 Å². The first-order valence-electron chi connectivity index (χ1n) is 8.44. The van der Waals surface area contributed by atoms with E-state index in [1.807, 2.05) is 13.8 Å². The Bertz CT molecular complexity index is 825. The van der Waals surface area contributed by atoms with Crippen LogP contribution in [0, 0.1) is 0 Å². The molecule has 0 aliphatic heterocycles. The Kier molecular flexibility index (Phi) is 5.30. The molecule has 2 heterocycles. The first kappa shape index (κ1) is 17.5. The lowest BCUT2D eigenvalue weighted by Gasteiger charge is -2.12. The van der Waals surface area contributed by atoms with E-state index >= 15 is 0 Å². The summed E-state index contributed by atoms with van der Waals surface area (Å²) in [6.45, 7) is 4.02. The van der Waals surface area contributed by atoms with Crippen LogP contribution in [0.3, 0.4) is 0 Å². The molecule has 0 fully saturated rings. The van der Waals surface area contributed by atoms with E-state index in [0.29, 0.717) is 5.16 Å². The van der Waals surface area contributed by atoms with Gasteiger partial charge in [-0.15, -0.1) is 11.3 Å². The third-order valence-corrected chi connectivity index (χ3v) is 6.72. The number of carbonyl (C=O) groups excluding carboxylic acids is 1. The molecule has 0 unspecified atom stereocenters. The number of aromatic nitrogens is 2. The highest BCUT2D eigenvalue weighted by molar-refractivity contribution is 7.99. The second-order valence-electron chi connectivity index (χ2n) is 6.32. The number of fused-ring (bicyclic) bond motifs is 3. The highest BCUT2D eigenvalue weighted by atomic mass is 32.2. The van der Waals surface area contributed by atoms with Crippen molar-refractivity contribution < 1.29 is 4.79 Å². The van der Waals surface area contributed by atoms with E-state index in [0.717, 1.165) is 35.9 Å². The molecule has 1 aliphatic rings. The number of rotatable bonds is 5. The third-order valence-electron chi connectivity index (χ3n) is 4.51. The Morgan fingerprint density at radius 3 is 2.92 bits per heavy atom. The molecule has 1 amide bonds. The summed E-state index contributed by atoms with van der Waals surface area (Å²) in [4.78, 5) is 31.5. The average Bonchev–Trinajstić information content (AvgIpc) is 2.95. The largest absolute Gasteiger partial charge is 0.353 e. The molecule has 3 rings (SSSR count). The molecule has 5 nitrogen and oxygen atoms in total. The van der Waals surface area contributed by atoms with Crippen LogP contribution < -0.4 is 10.9 Å². The molecule has 0 saturated carbocycles. The van der Waals surface area contributed by atoms with Crippen molar-refractivity contribution in [3.63, 3.8) is 0 Å². The van der Waals surface area contributed by atoms with Gasteiger partial charge >= 0.3 is 0 Å². The van der Waals surface area contributed by atoms with E-state index in [-0.39, 0.29) is 23.3 Å². The molecule has 7 heteroatoms. The summed E-state index contributed by atoms with van der Waals surface area (Å²) in [5, 5.41) is 4.35. The van der Waals surface area contributed by atoms with E-state index in [4.69, 9.17) is 0 Å². The van der Waals surface area contributed by atoms with Gasteiger partial charge in [-0.1, -0.05) is 18.7 Å². The quantitative estimate of drug-likeness (QED) is 0.654. The number of hydrogen-bond acceptors (Lipinski definition) is 5. The SMILES string of the molecule is CC[C@H](C)NC(=O)CSc1nc2sc3c(c2c(=O)n1C)CCCC3. The highest BCUT2D eigenvalue weighted by Crippen LogP contribution is 2.34. The second-order valence-corrected chi connectivity index (χ2v) is 8.34. The third kappa shape index (κ3) is 3.37. The van der Waals surface area contributed by atoms with Crippen LogP contribution in [0.5, 0.6) is 0 Å². The van der Waals surface area contributed by atoms with Gasteiger partial charge < -0.3 is 5.32 Å². The molecule has 24 heavy (non-hydrogen) atoms. The molecule has 1 atom stereocenters. The topological polar surface area (TPSA) is 64.0 Å². The predicted octanol–water partition coefficient (Wildman–Crippen LogP) is 2.88. The van der Waals surface area contributed by atoms with Gasteiger partial charge in [0.25, 0.3) is 5.56 Å². The molecular weight excluding hydrogens is 342 g/mol. The zero-order chi connectivity index (χ0) is 17.3. The van der Waals surface area contributed by atoms with Crippen LogP contribution >= 0.6 is 23.1 Å². The minimum absolute atomic E-state index is 0.0178. The predicted molar refractivity (Wildman–Crippen MR) is 100 cm³/mol. The lowest BCUT2D eigenvalue weighted by Crippen LogP contribution is -2.33.